The molecule has 2 radical (unpaired) electrons. The van der Waals surface area contributed by atoms with Gasteiger partial charge >= 0.3 is 0 Å². The molecule has 0 spiro atoms. The third-order valence-electron chi connectivity index (χ3n) is 4.07. The Morgan fingerprint density at radius 2 is 1.67 bits per heavy atom. The van der Waals surface area contributed by atoms with Crippen LogP contribution in [0, 0.1) is 5.92 Å². The molecule has 2 rings (SSSR count). The molecule has 0 unspecified atom stereocenters. The summed E-state index contributed by atoms with van der Waals surface area (Å²) in [6, 6.07) is 0. The number of aliphatic hydroxyl groups excluding tert-OH is 2. The summed E-state index contributed by atoms with van der Waals surface area (Å²) in [6.07, 6.45) is -0.608. The summed E-state index contributed by atoms with van der Waals surface area (Å²) in [5.41, 5.74) is -1.14. The minimum Gasteiger partial charge on any atom is -0.393 e. The molecule has 0 aromatic rings. The van der Waals surface area contributed by atoms with Crippen LogP contribution in [0.1, 0.15) is 27.7 Å². The zero-order valence-corrected chi connectivity index (χ0v) is 14.3. The zero-order valence-electron chi connectivity index (χ0n) is 13.2. The number of hydrogen-bond acceptors (Lipinski definition) is 6. The highest BCUT2D eigenvalue weighted by molar-refractivity contribution is 6.08. The van der Waals surface area contributed by atoms with Crippen LogP contribution >= 0.6 is 0 Å². The average molecular weight is 316 g/mol. The maximum Gasteiger partial charge on any atom is 0.164 e. The van der Waals surface area contributed by atoms with Crippen LogP contribution in [0.5, 0.6) is 0 Å². The number of hydrogen-bond donors (Lipinski definition) is 2. The summed E-state index contributed by atoms with van der Waals surface area (Å²) in [5.74, 6) is -1.64. The zero-order chi connectivity index (χ0) is 15.9. The van der Waals surface area contributed by atoms with E-state index in [2.05, 4.69) is 16.3 Å². The van der Waals surface area contributed by atoms with Gasteiger partial charge in [-0.05, 0) is 27.7 Å². The van der Waals surface area contributed by atoms with Crippen LogP contribution in [-0.4, -0.2) is 75.7 Å². The molecule has 0 bridgehead atoms. The van der Waals surface area contributed by atoms with Crippen molar-refractivity contribution in [3.63, 3.8) is 0 Å². The van der Waals surface area contributed by atoms with Crippen molar-refractivity contribution in [2.75, 3.05) is 19.8 Å². The first-order valence-electron chi connectivity index (χ1n) is 7.30. The van der Waals surface area contributed by atoms with Crippen molar-refractivity contribution >= 4 is 16.3 Å². The topological polar surface area (TPSA) is 77.4 Å². The first-order chi connectivity index (χ1) is 9.68. The van der Waals surface area contributed by atoms with Crippen LogP contribution in [0.4, 0.5) is 0 Å². The van der Waals surface area contributed by atoms with E-state index in [1.807, 2.05) is 13.8 Å². The maximum atomic E-state index is 9.76. The molecule has 2 aliphatic heterocycles. The average Bonchev–Trinajstić information content (AvgIpc) is 2.69. The van der Waals surface area contributed by atoms with Crippen molar-refractivity contribution < 1.29 is 29.2 Å². The van der Waals surface area contributed by atoms with Gasteiger partial charge in [0.05, 0.1) is 25.9 Å². The van der Waals surface area contributed by atoms with Gasteiger partial charge in [-0.25, -0.2) is 0 Å². The standard InChI is InChI=1S/C14H25O6.Al/c1-9-10(6-17-12(2,3)18-9)11-14(7-15,8-16)20-13(4,5)19-11;/h9-11,15-16H,1,6-8H2,2-5H3;/t9-,10+,11-;/m0./s1. The molecule has 2 aliphatic rings. The Kier molecular flexibility index (Phi) is 5.09. The van der Waals surface area contributed by atoms with E-state index in [9.17, 15) is 10.2 Å². The van der Waals surface area contributed by atoms with E-state index in [-0.39, 0.29) is 25.2 Å². The lowest BCUT2D eigenvalue weighted by Gasteiger charge is -2.45. The van der Waals surface area contributed by atoms with Crippen molar-refractivity contribution in [3.05, 3.63) is 0 Å². The van der Waals surface area contributed by atoms with Gasteiger partial charge in [-0.1, -0.05) is 5.28 Å². The molecule has 0 aromatic heterocycles. The molecule has 6 nitrogen and oxygen atoms in total. The maximum absolute atomic E-state index is 9.76. The van der Waals surface area contributed by atoms with E-state index in [1.165, 1.54) is 0 Å². The lowest BCUT2D eigenvalue weighted by atomic mass is 9.84. The summed E-state index contributed by atoms with van der Waals surface area (Å²) in [6.45, 7) is 7.09. The van der Waals surface area contributed by atoms with Crippen LogP contribution in [0.3, 0.4) is 0 Å². The largest absolute Gasteiger partial charge is 0.393 e. The first kappa shape index (κ1) is 17.6. The van der Waals surface area contributed by atoms with Crippen LogP contribution in [-0.2, 0) is 18.9 Å². The number of ether oxygens (including phenoxy) is 4. The first-order valence-corrected chi connectivity index (χ1v) is 8.12. The second-order valence-electron chi connectivity index (χ2n) is 6.69. The molecule has 3 atom stereocenters. The van der Waals surface area contributed by atoms with Crippen LogP contribution in [0.15, 0.2) is 0 Å². The highest BCUT2D eigenvalue weighted by Gasteiger charge is 2.58. The fourth-order valence-electron chi connectivity index (χ4n) is 3.15. The summed E-state index contributed by atoms with van der Waals surface area (Å²) in [7, 11) is 0. The quantitative estimate of drug-likeness (QED) is 0.722. The Morgan fingerprint density at radius 1 is 1.05 bits per heavy atom. The molecule has 0 saturated carbocycles. The Hall–Kier alpha value is 0.292. The van der Waals surface area contributed by atoms with E-state index in [0.717, 1.165) is 0 Å². The van der Waals surface area contributed by atoms with E-state index >= 15 is 0 Å². The SMILES string of the molecule is CC1(C)OC[C@@H]([C@@H]2OC(C)(C)OC2(CO)CO)[C@H]([CH2][Al])O1. The normalized spacial score (nSPS) is 37.5. The van der Waals surface area contributed by atoms with Gasteiger partial charge in [0.15, 0.2) is 11.6 Å². The molecule has 2 fully saturated rings. The Morgan fingerprint density at radius 3 is 2.19 bits per heavy atom. The molecule has 2 heterocycles. The van der Waals surface area contributed by atoms with Gasteiger partial charge in [0.2, 0.25) is 0 Å². The highest BCUT2D eigenvalue weighted by Crippen LogP contribution is 2.43. The minimum atomic E-state index is -1.14. The van der Waals surface area contributed by atoms with Gasteiger partial charge in [-0.3, -0.25) is 0 Å². The number of aliphatic hydroxyl groups is 2. The lowest BCUT2D eigenvalue weighted by Crippen LogP contribution is -2.58. The van der Waals surface area contributed by atoms with Gasteiger partial charge in [-0.15, -0.1) is 0 Å². The molecule has 0 aromatic carbocycles. The van der Waals surface area contributed by atoms with Crippen molar-refractivity contribution in [1.29, 1.82) is 0 Å². The molecule has 7 heteroatoms. The van der Waals surface area contributed by atoms with Gasteiger partial charge in [0, 0.05) is 5.92 Å². The second kappa shape index (κ2) is 6.06. The van der Waals surface area contributed by atoms with Crippen molar-refractivity contribution in [2.24, 2.45) is 5.92 Å². The molecule has 0 aliphatic carbocycles. The predicted molar refractivity (Wildman–Crippen MR) is 75.9 cm³/mol. The van der Waals surface area contributed by atoms with Gasteiger partial charge in [-0.2, -0.15) is 0 Å². The summed E-state index contributed by atoms with van der Waals surface area (Å²) in [4.78, 5) is 0. The molecule has 0 amide bonds. The Labute approximate surface area is 134 Å². The molecular weight excluding hydrogens is 291 g/mol. The Bertz CT molecular complexity index is 368. The summed E-state index contributed by atoms with van der Waals surface area (Å²) < 4.78 is 23.5. The van der Waals surface area contributed by atoms with Crippen molar-refractivity contribution in [2.45, 2.75) is 62.4 Å². The van der Waals surface area contributed by atoms with Crippen molar-refractivity contribution in [1.82, 2.24) is 0 Å². The summed E-state index contributed by atoms with van der Waals surface area (Å²) in [5, 5.41) is 20.2. The fraction of sp³-hybridized carbons (Fsp3) is 1.00. The molecule has 120 valence electrons. The van der Waals surface area contributed by atoms with E-state index in [0.29, 0.717) is 11.9 Å². The number of rotatable bonds is 4. The smallest absolute Gasteiger partial charge is 0.164 e. The monoisotopic (exact) mass is 316 g/mol. The van der Waals surface area contributed by atoms with E-state index < -0.39 is 23.3 Å². The van der Waals surface area contributed by atoms with Crippen LogP contribution in [0.2, 0.25) is 5.28 Å². The second-order valence-corrected chi connectivity index (χ2v) is 7.16. The van der Waals surface area contributed by atoms with Crippen LogP contribution in [0.25, 0.3) is 0 Å². The predicted octanol–water partition coefficient (Wildman–Crippen LogP) is 0.216. The Balaban J connectivity index is 2.26. The third kappa shape index (κ3) is 3.46. The van der Waals surface area contributed by atoms with Crippen molar-refractivity contribution in [3.8, 4) is 0 Å². The highest BCUT2D eigenvalue weighted by atomic mass is 27.0. The van der Waals surface area contributed by atoms with E-state index in [4.69, 9.17) is 18.9 Å². The molecule has 2 N–H and O–H groups in total. The molecular formula is C14H25AlO6. The van der Waals surface area contributed by atoms with Gasteiger partial charge in [0.25, 0.3) is 0 Å². The fourth-order valence-corrected chi connectivity index (χ4v) is 3.60. The molecule has 2 saturated heterocycles. The van der Waals surface area contributed by atoms with Crippen LogP contribution < -0.4 is 0 Å². The lowest BCUT2D eigenvalue weighted by molar-refractivity contribution is -0.303. The summed E-state index contributed by atoms with van der Waals surface area (Å²) >= 11 is 2.67. The third-order valence-corrected chi connectivity index (χ3v) is 4.54. The van der Waals surface area contributed by atoms with E-state index in [1.54, 1.807) is 13.8 Å². The molecule has 21 heavy (non-hydrogen) atoms. The van der Waals surface area contributed by atoms with Gasteiger partial charge in [0.1, 0.15) is 28.0 Å². The van der Waals surface area contributed by atoms with Gasteiger partial charge < -0.3 is 29.2 Å². The minimum absolute atomic E-state index is 0.112.